The van der Waals surface area contributed by atoms with Gasteiger partial charge in [0.15, 0.2) is 5.82 Å². The van der Waals surface area contributed by atoms with Gasteiger partial charge in [0.2, 0.25) is 0 Å². The van der Waals surface area contributed by atoms with Crippen molar-refractivity contribution in [1.29, 1.82) is 0 Å². The van der Waals surface area contributed by atoms with Crippen molar-refractivity contribution in [2.24, 2.45) is 0 Å². The van der Waals surface area contributed by atoms with E-state index < -0.39 is 0 Å². The largest absolute Gasteiger partial charge is 0.248 e. The van der Waals surface area contributed by atoms with Crippen molar-refractivity contribution in [2.75, 3.05) is 0 Å². The van der Waals surface area contributed by atoms with Gasteiger partial charge in [-0.1, -0.05) is 0 Å². The second-order valence-electron chi connectivity index (χ2n) is 2.83. The van der Waals surface area contributed by atoms with E-state index in [-0.39, 0.29) is 5.82 Å². The SMILES string of the molecule is Fc1cc(Br)cnc1Sc1ncccc1Br. The number of hydrogen-bond donors (Lipinski definition) is 0. The molecule has 0 amide bonds. The number of pyridine rings is 2. The third-order valence-corrected chi connectivity index (χ3v) is 4.04. The summed E-state index contributed by atoms with van der Waals surface area (Å²) in [7, 11) is 0. The van der Waals surface area contributed by atoms with Crippen LogP contribution in [0.1, 0.15) is 0 Å². The van der Waals surface area contributed by atoms with Gasteiger partial charge < -0.3 is 0 Å². The fourth-order valence-electron chi connectivity index (χ4n) is 1.02. The van der Waals surface area contributed by atoms with E-state index in [4.69, 9.17) is 0 Å². The van der Waals surface area contributed by atoms with Gasteiger partial charge in [0.1, 0.15) is 10.1 Å². The molecule has 0 atom stereocenters. The van der Waals surface area contributed by atoms with E-state index in [0.717, 1.165) is 4.47 Å². The maximum atomic E-state index is 13.5. The van der Waals surface area contributed by atoms with E-state index >= 15 is 0 Å². The molecular formula is C10H5Br2FN2S. The summed E-state index contributed by atoms with van der Waals surface area (Å²) in [5.74, 6) is -0.364. The van der Waals surface area contributed by atoms with Gasteiger partial charge >= 0.3 is 0 Å². The lowest BCUT2D eigenvalue weighted by molar-refractivity contribution is 0.586. The molecule has 0 N–H and O–H groups in total. The number of hydrogen-bond acceptors (Lipinski definition) is 3. The lowest BCUT2D eigenvalue weighted by Gasteiger charge is -2.03. The molecule has 0 spiro atoms. The third kappa shape index (κ3) is 2.81. The third-order valence-electron chi connectivity index (χ3n) is 1.69. The summed E-state index contributed by atoms with van der Waals surface area (Å²) in [4.78, 5) is 8.13. The molecule has 16 heavy (non-hydrogen) atoms. The Labute approximate surface area is 113 Å². The lowest BCUT2D eigenvalue weighted by atomic mass is 10.5. The first-order chi connectivity index (χ1) is 7.66. The summed E-state index contributed by atoms with van der Waals surface area (Å²) in [6.45, 7) is 0. The molecule has 0 aliphatic rings. The summed E-state index contributed by atoms with van der Waals surface area (Å²) in [6.07, 6.45) is 3.21. The van der Waals surface area contributed by atoms with Crippen molar-refractivity contribution in [1.82, 2.24) is 9.97 Å². The van der Waals surface area contributed by atoms with Crippen molar-refractivity contribution < 1.29 is 4.39 Å². The Hall–Kier alpha value is -0.460. The van der Waals surface area contributed by atoms with Gasteiger partial charge in [-0.25, -0.2) is 14.4 Å². The minimum absolute atomic E-state index is 0.308. The Morgan fingerprint density at radius 2 is 2.00 bits per heavy atom. The normalized spacial score (nSPS) is 10.4. The summed E-state index contributed by atoms with van der Waals surface area (Å²) in [5.41, 5.74) is 0. The molecule has 0 aromatic carbocycles. The zero-order chi connectivity index (χ0) is 11.5. The first kappa shape index (κ1) is 12.0. The Kier molecular flexibility index (Phi) is 3.94. The molecule has 2 heterocycles. The van der Waals surface area contributed by atoms with Crippen molar-refractivity contribution >= 4 is 43.6 Å². The van der Waals surface area contributed by atoms with Crippen LogP contribution in [0.5, 0.6) is 0 Å². The molecule has 0 radical (unpaired) electrons. The van der Waals surface area contributed by atoms with Crippen LogP contribution in [-0.2, 0) is 0 Å². The fourth-order valence-corrected chi connectivity index (χ4v) is 2.54. The second-order valence-corrected chi connectivity index (χ2v) is 5.58. The average molecular weight is 364 g/mol. The van der Waals surface area contributed by atoms with Crippen molar-refractivity contribution in [3.63, 3.8) is 0 Å². The molecular weight excluding hydrogens is 359 g/mol. The van der Waals surface area contributed by atoms with Gasteiger partial charge in [-0.2, -0.15) is 0 Å². The molecule has 2 aromatic heterocycles. The van der Waals surface area contributed by atoms with Crippen LogP contribution in [-0.4, -0.2) is 9.97 Å². The molecule has 0 bridgehead atoms. The van der Waals surface area contributed by atoms with E-state index in [1.807, 2.05) is 6.07 Å². The molecule has 0 fully saturated rings. The minimum Gasteiger partial charge on any atom is -0.248 e. The van der Waals surface area contributed by atoms with Crippen molar-refractivity contribution in [3.8, 4) is 0 Å². The maximum Gasteiger partial charge on any atom is 0.156 e. The highest BCUT2D eigenvalue weighted by atomic mass is 79.9. The Morgan fingerprint density at radius 3 is 2.69 bits per heavy atom. The fraction of sp³-hybridized carbons (Fsp3) is 0. The van der Waals surface area contributed by atoms with E-state index in [2.05, 4.69) is 41.8 Å². The minimum atomic E-state index is -0.364. The summed E-state index contributed by atoms with van der Waals surface area (Å²) < 4.78 is 15.0. The van der Waals surface area contributed by atoms with E-state index in [1.54, 1.807) is 18.5 Å². The van der Waals surface area contributed by atoms with E-state index in [9.17, 15) is 4.39 Å². The van der Waals surface area contributed by atoms with Gasteiger partial charge in [-0.05, 0) is 61.8 Å². The quantitative estimate of drug-likeness (QED) is 0.795. The Bertz CT molecular complexity index is 522. The van der Waals surface area contributed by atoms with Crippen LogP contribution in [0.15, 0.2) is 49.6 Å². The Balaban J connectivity index is 2.31. The van der Waals surface area contributed by atoms with E-state index in [0.29, 0.717) is 14.5 Å². The predicted molar refractivity (Wildman–Crippen MR) is 68.0 cm³/mol. The van der Waals surface area contributed by atoms with Crippen LogP contribution in [0.4, 0.5) is 4.39 Å². The monoisotopic (exact) mass is 362 g/mol. The number of rotatable bonds is 2. The highest BCUT2D eigenvalue weighted by Crippen LogP contribution is 2.32. The lowest BCUT2D eigenvalue weighted by Crippen LogP contribution is -1.88. The molecule has 82 valence electrons. The van der Waals surface area contributed by atoms with Gasteiger partial charge in [0.05, 0.1) is 4.47 Å². The van der Waals surface area contributed by atoms with Gasteiger partial charge in [0.25, 0.3) is 0 Å². The number of aromatic nitrogens is 2. The number of halogens is 3. The van der Waals surface area contributed by atoms with Gasteiger partial charge in [0, 0.05) is 16.9 Å². The highest BCUT2D eigenvalue weighted by molar-refractivity contribution is 9.10. The average Bonchev–Trinajstić information content (AvgIpc) is 2.25. The predicted octanol–water partition coefficient (Wildman–Crippen LogP) is 4.29. The molecule has 2 nitrogen and oxygen atoms in total. The zero-order valence-corrected chi connectivity index (χ0v) is 11.8. The molecule has 0 unspecified atom stereocenters. The molecule has 0 aliphatic carbocycles. The molecule has 6 heteroatoms. The van der Waals surface area contributed by atoms with Gasteiger partial charge in [-0.3, -0.25) is 0 Å². The van der Waals surface area contributed by atoms with Crippen LogP contribution in [0.25, 0.3) is 0 Å². The van der Waals surface area contributed by atoms with Crippen LogP contribution in [0.2, 0.25) is 0 Å². The number of nitrogens with zero attached hydrogens (tertiary/aromatic N) is 2. The first-order valence-electron chi connectivity index (χ1n) is 4.26. The van der Waals surface area contributed by atoms with Crippen LogP contribution in [0, 0.1) is 5.82 Å². The standard InChI is InChI=1S/C10H5Br2FN2S/c11-6-4-8(13)10(15-5-6)16-9-7(12)2-1-3-14-9/h1-5H. The summed E-state index contributed by atoms with van der Waals surface area (Å²) in [5, 5.41) is 0.999. The van der Waals surface area contributed by atoms with Crippen LogP contribution < -0.4 is 0 Å². The smallest absolute Gasteiger partial charge is 0.156 e. The Morgan fingerprint density at radius 1 is 1.19 bits per heavy atom. The van der Waals surface area contributed by atoms with E-state index in [1.165, 1.54) is 17.8 Å². The maximum absolute atomic E-state index is 13.5. The zero-order valence-electron chi connectivity index (χ0n) is 7.82. The summed E-state index contributed by atoms with van der Waals surface area (Å²) in [6, 6.07) is 5.04. The topological polar surface area (TPSA) is 25.8 Å². The molecule has 2 rings (SSSR count). The van der Waals surface area contributed by atoms with Crippen molar-refractivity contribution in [3.05, 3.63) is 45.4 Å². The molecule has 0 saturated heterocycles. The van der Waals surface area contributed by atoms with Gasteiger partial charge in [-0.15, -0.1) is 0 Å². The highest BCUT2D eigenvalue weighted by Gasteiger charge is 2.09. The molecule has 0 aliphatic heterocycles. The van der Waals surface area contributed by atoms with Crippen LogP contribution >= 0.6 is 43.6 Å². The van der Waals surface area contributed by atoms with Crippen LogP contribution in [0.3, 0.4) is 0 Å². The second kappa shape index (κ2) is 5.25. The molecule has 0 saturated carbocycles. The first-order valence-corrected chi connectivity index (χ1v) is 6.66. The molecule has 2 aromatic rings. The van der Waals surface area contributed by atoms with Crippen molar-refractivity contribution in [2.45, 2.75) is 10.1 Å². The summed E-state index contributed by atoms with van der Waals surface area (Å²) >= 11 is 7.69.